The molecule has 0 aromatic carbocycles. The van der Waals surface area contributed by atoms with Crippen molar-refractivity contribution in [2.45, 2.75) is 13.1 Å². The molecule has 2 aromatic rings. The number of rotatable bonds is 4. The van der Waals surface area contributed by atoms with Crippen LogP contribution in [0.25, 0.3) is 0 Å². The van der Waals surface area contributed by atoms with E-state index in [0.717, 1.165) is 22.4 Å². The van der Waals surface area contributed by atoms with Gasteiger partial charge in [-0.3, -0.25) is 19.5 Å². The van der Waals surface area contributed by atoms with Crippen molar-refractivity contribution in [3.05, 3.63) is 56.9 Å². The third kappa shape index (κ3) is 2.97. The Hall–Kier alpha value is -2.57. The molecule has 2 heterocycles. The highest BCUT2D eigenvalue weighted by molar-refractivity contribution is 5.75. The van der Waals surface area contributed by atoms with Crippen molar-refractivity contribution in [1.29, 1.82) is 0 Å². The lowest BCUT2D eigenvalue weighted by Gasteiger charge is -2.05. The molecule has 0 bridgehead atoms. The molecular formula is C11H12N4O3. The molecule has 0 fully saturated rings. The fraction of sp³-hybridized carbons (Fsp3) is 0.182. The van der Waals surface area contributed by atoms with Crippen LogP contribution in [0.3, 0.4) is 0 Å². The molecular weight excluding hydrogens is 236 g/mol. The van der Waals surface area contributed by atoms with Gasteiger partial charge in [0, 0.05) is 31.1 Å². The van der Waals surface area contributed by atoms with Crippen LogP contribution in [-0.4, -0.2) is 20.7 Å². The van der Waals surface area contributed by atoms with Crippen LogP contribution in [0.1, 0.15) is 5.56 Å². The summed E-state index contributed by atoms with van der Waals surface area (Å²) in [5, 5.41) is 4.92. The summed E-state index contributed by atoms with van der Waals surface area (Å²) in [4.78, 5) is 36.8. The van der Waals surface area contributed by atoms with Gasteiger partial charge in [0.05, 0.1) is 0 Å². The summed E-state index contributed by atoms with van der Waals surface area (Å²) in [5.74, 6) is -0.347. The van der Waals surface area contributed by atoms with Crippen molar-refractivity contribution in [3.8, 4) is 0 Å². The quantitative estimate of drug-likeness (QED) is 0.659. The lowest BCUT2D eigenvalue weighted by molar-refractivity contribution is -0.122. The first-order valence-electron chi connectivity index (χ1n) is 5.34. The predicted molar refractivity (Wildman–Crippen MR) is 64.0 cm³/mol. The Labute approximate surface area is 101 Å². The number of hydrogen-bond donors (Lipinski definition) is 3. The molecule has 0 radical (unpaired) electrons. The Balaban J connectivity index is 1.97. The molecule has 3 N–H and O–H groups in total. The van der Waals surface area contributed by atoms with Gasteiger partial charge in [-0.05, 0) is 11.6 Å². The Morgan fingerprint density at radius 1 is 1.28 bits per heavy atom. The Bertz CT molecular complexity index is 639. The number of carbonyl (C=O) groups is 1. The van der Waals surface area contributed by atoms with Crippen LogP contribution in [0.15, 0.2) is 40.2 Å². The summed E-state index contributed by atoms with van der Waals surface area (Å²) in [7, 11) is 0. The first-order valence-corrected chi connectivity index (χ1v) is 5.34. The molecule has 0 saturated carbocycles. The summed E-state index contributed by atoms with van der Waals surface area (Å²) < 4.78 is 0.967. The van der Waals surface area contributed by atoms with Crippen LogP contribution >= 0.6 is 0 Å². The minimum absolute atomic E-state index is 0.209. The van der Waals surface area contributed by atoms with Crippen molar-refractivity contribution < 1.29 is 4.79 Å². The van der Waals surface area contributed by atoms with Crippen molar-refractivity contribution in [1.82, 2.24) is 20.1 Å². The summed E-state index contributed by atoms with van der Waals surface area (Å²) in [6.07, 6.45) is 3.51. The molecule has 0 atom stereocenters. The second-order valence-corrected chi connectivity index (χ2v) is 3.73. The van der Waals surface area contributed by atoms with Crippen LogP contribution in [-0.2, 0) is 17.9 Å². The van der Waals surface area contributed by atoms with E-state index in [2.05, 4.69) is 15.4 Å². The van der Waals surface area contributed by atoms with Gasteiger partial charge in [0.25, 0.3) is 11.1 Å². The van der Waals surface area contributed by atoms with Gasteiger partial charge >= 0.3 is 0 Å². The molecule has 2 rings (SSSR count). The number of aromatic amines is 2. The van der Waals surface area contributed by atoms with Crippen LogP contribution < -0.4 is 16.4 Å². The van der Waals surface area contributed by atoms with E-state index in [1.807, 2.05) is 6.07 Å². The van der Waals surface area contributed by atoms with Gasteiger partial charge in [-0.15, -0.1) is 0 Å². The zero-order valence-corrected chi connectivity index (χ0v) is 9.47. The maximum Gasteiger partial charge on any atom is 0.265 e. The smallest absolute Gasteiger partial charge is 0.265 e. The highest BCUT2D eigenvalue weighted by Crippen LogP contribution is 1.94. The van der Waals surface area contributed by atoms with E-state index in [0.29, 0.717) is 6.54 Å². The average Bonchev–Trinajstić information content (AvgIpc) is 2.84. The van der Waals surface area contributed by atoms with Gasteiger partial charge in [-0.25, -0.2) is 4.68 Å². The fourth-order valence-electron chi connectivity index (χ4n) is 1.45. The summed E-state index contributed by atoms with van der Waals surface area (Å²) in [5.41, 5.74) is 0.0803. The fourth-order valence-corrected chi connectivity index (χ4v) is 1.45. The van der Waals surface area contributed by atoms with E-state index in [1.165, 1.54) is 0 Å². The Kier molecular flexibility index (Phi) is 3.42. The lowest BCUT2D eigenvalue weighted by Crippen LogP contribution is -2.35. The molecule has 0 spiro atoms. The minimum atomic E-state index is -0.425. The highest BCUT2D eigenvalue weighted by atomic mass is 16.2. The van der Waals surface area contributed by atoms with Crippen molar-refractivity contribution in [2.75, 3.05) is 0 Å². The third-order valence-corrected chi connectivity index (χ3v) is 2.34. The number of nitrogens with one attached hydrogen (secondary N) is 3. The average molecular weight is 248 g/mol. The normalized spacial score (nSPS) is 10.2. The largest absolute Gasteiger partial charge is 0.367 e. The second-order valence-electron chi connectivity index (χ2n) is 3.73. The van der Waals surface area contributed by atoms with Gasteiger partial charge in [-0.2, -0.15) is 0 Å². The zero-order valence-electron chi connectivity index (χ0n) is 9.47. The molecule has 7 heteroatoms. The number of aromatic nitrogens is 3. The molecule has 0 aliphatic rings. The number of hydrogen-bond acceptors (Lipinski definition) is 3. The maximum absolute atomic E-state index is 11.6. The molecule has 2 aromatic heterocycles. The van der Waals surface area contributed by atoms with E-state index < -0.39 is 11.1 Å². The molecule has 0 unspecified atom stereocenters. The SMILES string of the molecule is O=C(Cn1[nH]c(=O)ccc1=O)NCc1cc[nH]c1. The van der Waals surface area contributed by atoms with Crippen molar-refractivity contribution >= 4 is 5.91 Å². The Morgan fingerprint density at radius 3 is 2.83 bits per heavy atom. The van der Waals surface area contributed by atoms with E-state index in [1.54, 1.807) is 12.4 Å². The minimum Gasteiger partial charge on any atom is -0.367 e. The van der Waals surface area contributed by atoms with Gasteiger partial charge in [0.2, 0.25) is 5.91 Å². The van der Waals surface area contributed by atoms with Crippen LogP contribution in [0, 0.1) is 0 Å². The van der Waals surface area contributed by atoms with Gasteiger partial charge in [0.15, 0.2) is 0 Å². The van der Waals surface area contributed by atoms with Crippen LogP contribution in [0.4, 0.5) is 0 Å². The van der Waals surface area contributed by atoms with Gasteiger partial charge in [-0.1, -0.05) is 0 Å². The second kappa shape index (κ2) is 5.17. The van der Waals surface area contributed by atoms with Gasteiger partial charge in [0.1, 0.15) is 6.54 Å². The summed E-state index contributed by atoms with van der Waals surface area (Å²) >= 11 is 0. The lowest BCUT2D eigenvalue weighted by atomic mass is 10.3. The topological polar surface area (TPSA) is 99.8 Å². The van der Waals surface area contributed by atoms with Crippen molar-refractivity contribution in [2.24, 2.45) is 0 Å². The van der Waals surface area contributed by atoms with Gasteiger partial charge < -0.3 is 10.3 Å². The Morgan fingerprint density at radius 2 is 2.11 bits per heavy atom. The molecule has 0 aliphatic heterocycles. The predicted octanol–water partition coefficient (Wildman–Crippen LogP) is -0.819. The maximum atomic E-state index is 11.6. The summed E-state index contributed by atoms with van der Waals surface area (Å²) in [6, 6.07) is 4.08. The number of carbonyl (C=O) groups excluding carboxylic acids is 1. The van der Waals surface area contributed by atoms with E-state index >= 15 is 0 Å². The summed E-state index contributed by atoms with van der Waals surface area (Å²) in [6.45, 7) is 0.160. The number of H-pyrrole nitrogens is 2. The molecule has 0 saturated heterocycles. The van der Waals surface area contributed by atoms with Crippen molar-refractivity contribution in [3.63, 3.8) is 0 Å². The first-order chi connectivity index (χ1) is 8.65. The molecule has 1 amide bonds. The van der Waals surface area contributed by atoms with Crippen LogP contribution in [0.5, 0.6) is 0 Å². The third-order valence-electron chi connectivity index (χ3n) is 2.34. The standard InChI is InChI=1S/C11H12N4O3/c16-9-1-2-11(18)15(14-9)7-10(17)13-6-8-3-4-12-5-8/h1-5,12H,6-7H2,(H,13,17)(H,14,16). The molecule has 18 heavy (non-hydrogen) atoms. The van der Waals surface area contributed by atoms with E-state index in [-0.39, 0.29) is 12.5 Å². The first kappa shape index (κ1) is 11.9. The monoisotopic (exact) mass is 248 g/mol. The molecule has 0 aliphatic carbocycles. The number of amides is 1. The molecule has 7 nitrogen and oxygen atoms in total. The van der Waals surface area contributed by atoms with E-state index in [4.69, 9.17) is 0 Å². The highest BCUT2D eigenvalue weighted by Gasteiger charge is 2.04. The van der Waals surface area contributed by atoms with E-state index in [9.17, 15) is 14.4 Å². The molecule has 94 valence electrons. The zero-order chi connectivity index (χ0) is 13.0. The number of nitrogens with zero attached hydrogens (tertiary/aromatic N) is 1. The van der Waals surface area contributed by atoms with Crippen LogP contribution in [0.2, 0.25) is 0 Å².